The van der Waals surface area contributed by atoms with Crippen LogP contribution < -0.4 is 15.5 Å². The van der Waals surface area contributed by atoms with E-state index in [1.807, 2.05) is 0 Å². The molecule has 0 saturated carbocycles. The van der Waals surface area contributed by atoms with Crippen LogP contribution in [0.25, 0.3) is 0 Å². The van der Waals surface area contributed by atoms with Crippen molar-refractivity contribution in [1.82, 2.24) is 5.43 Å². The van der Waals surface area contributed by atoms with Gasteiger partial charge in [-0.25, -0.2) is 10.2 Å². The van der Waals surface area contributed by atoms with Gasteiger partial charge in [-0.2, -0.15) is 5.10 Å². The normalized spacial score (nSPS) is 11.0. The van der Waals surface area contributed by atoms with Gasteiger partial charge in [-0.1, -0.05) is 53.0 Å². The third-order valence-electron chi connectivity index (χ3n) is 4.25. The first-order valence-electron chi connectivity index (χ1n) is 9.42. The van der Waals surface area contributed by atoms with E-state index in [-0.39, 0.29) is 22.0 Å². The molecule has 33 heavy (non-hydrogen) atoms. The number of carbonyl (C=O) groups excluding carboxylic acids is 3. The molecule has 0 radical (unpaired) electrons. The summed E-state index contributed by atoms with van der Waals surface area (Å²) in [5, 5.41) is 7.25. The van der Waals surface area contributed by atoms with Crippen molar-refractivity contribution in [2.24, 2.45) is 5.10 Å². The van der Waals surface area contributed by atoms with Gasteiger partial charge < -0.3 is 10.1 Å². The minimum atomic E-state index is -1.03. The molecule has 0 unspecified atom stereocenters. The van der Waals surface area contributed by atoms with Crippen LogP contribution in [0.15, 0.2) is 71.8 Å². The maximum atomic E-state index is 12.5. The van der Waals surface area contributed by atoms with Gasteiger partial charge in [0, 0.05) is 15.6 Å². The second-order valence-corrected chi connectivity index (χ2v) is 7.89. The number of halogens is 3. The molecule has 3 aromatic rings. The Morgan fingerprint density at radius 1 is 0.848 bits per heavy atom. The number of nitrogens with zero attached hydrogens (tertiary/aromatic N) is 1. The van der Waals surface area contributed by atoms with Crippen LogP contribution in [0, 0.1) is 0 Å². The van der Waals surface area contributed by atoms with Crippen LogP contribution in [0.1, 0.15) is 22.8 Å². The van der Waals surface area contributed by atoms with E-state index in [4.69, 9.17) is 39.5 Å². The summed E-state index contributed by atoms with van der Waals surface area (Å²) in [6.07, 6.45) is 0. The summed E-state index contributed by atoms with van der Waals surface area (Å²) in [5.41, 5.74) is 3.35. The minimum Gasteiger partial charge on any atom is -0.422 e. The number of rotatable bonds is 5. The van der Waals surface area contributed by atoms with E-state index < -0.39 is 17.8 Å². The summed E-state index contributed by atoms with van der Waals surface area (Å²) in [7, 11) is 0. The van der Waals surface area contributed by atoms with Gasteiger partial charge in [0.05, 0.1) is 22.0 Å². The highest BCUT2D eigenvalue weighted by Gasteiger charge is 2.17. The van der Waals surface area contributed by atoms with Crippen LogP contribution in [-0.2, 0) is 9.59 Å². The van der Waals surface area contributed by atoms with Gasteiger partial charge in [0.1, 0.15) is 5.75 Å². The Hall–Kier alpha value is -3.39. The largest absolute Gasteiger partial charge is 0.422 e. The van der Waals surface area contributed by atoms with Gasteiger partial charge in [0.15, 0.2) is 0 Å². The number of carbonyl (C=O) groups is 3. The molecule has 7 nitrogen and oxygen atoms in total. The van der Waals surface area contributed by atoms with E-state index in [9.17, 15) is 14.4 Å². The minimum absolute atomic E-state index is 0.184. The van der Waals surface area contributed by atoms with Gasteiger partial charge in [0.2, 0.25) is 0 Å². The molecule has 0 heterocycles. The van der Waals surface area contributed by atoms with Crippen molar-refractivity contribution < 1.29 is 19.1 Å². The Morgan fingerprint density at radius 3 is 2.33 bits per heavy atom. The van der Waals surface area contributed by atoms with Crippen molar-refractivity contribution >= 4 is 64.0 Å². The lowest BCUT2D eigenvalue weighted by Crippen LogP contribution is -2.33. The fraction of sp³-hybridized carbons (Fsp3) is 0.0435. The highest BCUT2D eigenvalue weighted by molar-refractivity contribution is 6.42. The lowest BCUT2D eigenvalue weighted by molar-refractivity contribution is -0.136. The number of hydrogen-bond acceptors (Lipinski definition) is 5. The van der Waals surface area contributed by atoms with Gasteiger partial charge in [-0.3, -0.25) is 9.59 Å². The van der Waals surface area contributed by atoms with Crippen molar-refractivity contribution in [2.75, 3.05) is 5.32 Å². The molecule has 3 aromatic carbocycles. The molecule has 2 N–H and O–H groups in total. The summed E-state index contributed by atoms with van der Waals surface area (Å²) < 4.78 is 5.47. The smallest absolute Gasteiger partial charge is 0.343 e. The van der Waals surface area contributed by atoms with Gasteiger partial charge in [0.25, 0.3) is 0 Å². The standard InChI is InChI=1S/C23H16Cl3N3O4/c1-13(28-29-22(31)21(30)27-19-12-16(25)9-10-18(19)26)17-7-2-3-8-20(17)33-23(32)14-5-4-6-15(24)11-14/h2-12H,1H3,(H,27,30)(H,29,31)/b28-13+. The van der Waals surface area contributed by atoms with Gasteiger partial charge in [-0.15, -0.1) is 0 Å². The zero-order valence-corrected chi connectivity index (χ0v) is 19.3. The molecule has 3 rings (SSSR count). The van der Waals surface area contributed by atoms with Crippen LogP contribution in [0.4, 0.5) is 5.69 Å². The molecular formula is C23H16Cl3N3O4. The Bertz CT molecular complexity index is 1260. The SMILES string of the molecule is C/C(=N\NC(=O)C(=O)Nc1cc(Cl)ccc1Cl)c1ccccc1OC(=O)c1cccc(Cl)c1. The Morgan fingerprint density at radius 2 is 1.58 bits per heavy atom. The average molecular weight is 505 g/mol. The van der Waals surface area contributed by atoms with Crippen LogP contribution in [0.5, 0.6) is 5.75 Å². The number of ether oxygens (including phenoxy) is 1. The number of para-hydroxylation sites is 1. The van der Waals surface area contributed by atoms with E-state index in [2.05, 4.69) is 15.8 Å². The second-order valence-electron chi connectivity index (χ2n) is 6.61. The first-order valence-corrected chi connectivity index (χ1v) is 10.6. The first-order chi connectivity index (χ1) is 15.7. The fourth-order valence-electron chi connectivity index (χ4n) is 2.65. The number of hydrogen-bond donors (Lipinski definition) is 2. The number of benzene rings is 3. The van der Waals surface area contributed by atoms with E-state index >= 15 is 0 Å². The predicted octanol–water partition coefficient (Wildman–Crippen LogP) is 5.34. The summed E-state index contributed by atoms with van der Waals surface area (Å²) in [4.78, 5) is 36.8. The second kappa shape index (κ2) is 11.0. The van der Waals surface area contributed by atoms with Crippen molar-refractivity contribution in [3.05, 3.63) is 92.9 Å². The molecule has 0 atom stereocenters. The number of amides is 2. The summed E-state index contributed by atoms with van der Waals surface area (Å²) in [5.74, 6) is -2.41. The highest BCUT2D eigenvalue weighted by atomic mass is 35.5. The highest BCUT2D eigenvalue weighted by Crippen LogP contribution is 2.25. The summed E-state index contributed by atoms with van der Waals surface area (Å²) in [6, 6.07) is 17.4. The molecule has 0 aliphatic rings. The zero-order valence-electron chi connectivity index (χ0n) is 17.1. The lowest BCUT2D eigenvalue weighted by atomic mass is 10.1. The molecule has 168 valence electrons. The van der Waals surface area contributed by atoms with E-state index in [0.29, 0.717) is 21.3 Å². The van der Waals surface area contributed by atoms with Crippen LogP contribution in [-0.4, -0.2) is 23.5 Å². The third-order valence-corrected chi connectivity index (χ3v) is 5.05. The van der Waals surface area contributed by atoms with Crippen molar-refractivity contribution in [1.29, 1.82) is 0 Å². The molecule has 0 aliphatic carbocycles. The number of anilines is 1. The number of nitrogens with one attached hydrogen (secondary N) is 2. The lowest BCUT2D eigenvalue weighted by Gasteiger charge is -2.10. The van der Waals surface area contributed by atoms with E-state index in [1.54, 1.807) is 55.5 Å². The molecule has 10 heteroatoms. The Labute approximate surface area is 204 Å². The maximum absolute atomic E-state index is 12.5. The number of esters is 1. The average Bonchev–Trinajstić information content (AvgIpc) is 2.80. The zero-order chi connectivity index (χ0) is 24.0. The fourth-order valence-corrected chi connectivity index (χ4v) is 3.17. The van der Waals surface area contributed by atoms with Gasteiger partial charge in [-0.05, 0) is 55.5 Å². The quantitative estimate of drug-likeness (QED) is 0.161. The topological polar surface area (TPSA) is 96.9 Å². The van der Waals surface area contributed by atoms with Crippen molar-refractivity contribution in [3.8, 4) is 5.75 Å². The first kappa shape index (κ1) is 24.3. The molecular weight excluding hydrogens is 489 g/mol. The molecule has 0 spiro atoms. The van der Waals surface area contributed by atoms with Gasteiger partial charge >= 0.3 is 17.8 Å². The van der Waals surface area contributed by atoms with Crippen molar-refractivity contribution in [3.63, 3.8) is 0 Å². The van der Waals surface area contributed by atoms with E-state index in [1.165, 1.54) is 18.2 Å². The molecule has 2 amide bonds. The number of hydrazone groups is 1. The molecule has 0 aromatic heterocycles. The monoisotopic (exact) mass is 503 g/mol. The summed E-state index contributed by atoms with van der Waals surface area (Å²) >= 11 is 17.8. The van der Waals surface area contributed by atoms with Crippen LogP contribution in [0.3, 0.4) is 0 Å². The maximum Gasteiger partial charge on any atom is 0.343 e. The molecule has 0 fully saturated rings. The Kier molecular flexibility index (Phi) is 8.06. The predicted molar refractivity (Wildman–Crippen MR) is 128 cm³/mol. The molecule has 0 aliphatic heterocycles. The Balaban J connectivity index is 1.70. The molecule has 0 bridgehead atoms. The summed E-state index contributed by atoms with van der Waals surface area (Å²) in [6.45, 7) is 1.58. The molecule has 0 saturated heterocycles. The van der Waals surface area contributed by atoms with Crippen LogP contribution >= 0.6 is 34.8 Å². The van der Waals surface area contributed by atoms with Crippen molar-refractivity contribution in [2.45, 2.75) is 6.92 Å². The van der Waals surface area contributed by atoms with E-state index in [0.717, 1.165) is 0 Å². The van der Waals surface area contributed by atoms with Crippen LogP contribution in [0.2, 0.25) is 15.1 Å². The third kappa shape index (κ3) is 6.55.